The third kappa shape index (κ3) is 5.73. The Balaban J connectivity index is 1.13. The third-order valence-corrected chi connectivity index (χ3v) is 13.9. The first-order chi connectivity index (χ1) is 29.1. The van der Waals surface area contributed by atoms with Gasteiger partial charge in [-0.15, -0.1) is 0 Å². The van der Waals surface area contributed by atoms with E-state index >= 15 is 9.59 Å². The molecule has 6 atom stereocenters. The molecule has 5 aromatic rings. The summed E-state index contributed by atoms with van der Waals surface area (Å²) < 4.78 is 11.0. The number of phenols is 1. The van der Waals surface area contributed by atoms with E-state index in [0.717, 1.165) is 34.7 Å². The van der Waals surface area contributed by atoms with Gasteiger partial charge in [0.1, 0.15) is 11.5 Å². The minimum Gasteiger partial charge on any atom is -0.507 e. The molecular weight excluding hydrogens is 803 g/mol. The van der Waals surface area contributed by atoms with Crippen molar-refractivity contribution in [2.75, 3.05) is 48.6 Å². The Morgan fingerprint density at radius 3 is 2.28 bits per heavy atom. The summed E-state index contributed by atoms with van der Waals surface area (Å²) in [6.07, 6.45) is 2.30. The molecule has 3 saturated heterocycles. The second-order valence-electron chi connectivity index (χ2n) is 16.1. The number of phenolic OH excluding ortho intramolecular Hbond substituents is 1. The molecule has 3 aliphatic heterocycles. The number of halogens is 2. The molecule has 4 amide bonds. The standard InChI is InChI=1S/C47H40Cl2N4O7/c1-59-31-14-7-27(8-15-31)47-37(44(56)53(46(47)58)50-39-19-9-28(48)24-38(39)49)25-36-33(41(47)35-16-6-26-4-2-3-5-32(26)42(35)54)17-18-34-40(36)45(57)52(43(34)55)30-12-10-29(11-13-30)51-20-22-60-23-21-51/h2-17,19,24,34,36-37,40-41,50,54H,18,20-23,25H2,1H3/t34-,36+,37-,40-,41+,47+/m0/s1. The van der Waals surface area contributed by atoms with Gasteiger partial charge in [-0.1, -0.05) is 83.4 Å². The van der Waals surface area contributed by atoms with E-state index in [9.17, 15) is 14.7 Å². The minimum absolute atomic E-state index is 0.0309. The fourth-order valence-electron chi connectivity index (χ4n) is 10.6. The fourth-order valence-corrected chi connectivity index (χ4v) is 11.0. The van der Waals surface area contributed by atoms with Crippen LogP contribution in [-0.2, 0) is 29.3 Å². The van der Waals surface area contributed by atoms with Crippen LogP contribution in [0.3, 0.4) is 0 Å². The molecule has 2 N–H and O–H groups in total. The van der Waals surface area contributed by atoms with E-state index < -0.39 is 46.8 Å². The molecule has 0 radical (unpaired) electrons. The van der Waals surface area contributed by atoms with E-state index in [-0.39, 0.29) is 35.4 Å². The van der Waals surface area contributed by atoms with Crippen molar-refractivity contribution in [1.29, 1.82) is 0 Å². The van der Waals surface area contributed by atoms with E-state index in [0.29, 0.717) is 51.9 Å². The lowest BCUT2D eigenvalue weighted by Gasteiger charge is -2.50. The number of nitrogens with zero attached hydrogens (tertiary/aromatic N) is 3. The molecule has 1 saturated carbocycles. The highest BCUT2D eigenvalue weighted by atomic mass is 35.5. The molecule has 0 spiro atoms. The fraction of sp³-hybridized carbons (Fsp3) is 0.277. The SMILES string of the molecule is COc1ccc([C@@]23C(=O)N(Nc4ccc(Cl)cc4Cl)C(=O)[C@@H]2C[C@@H]2C(=CC[C@@H]4C(=O)N(c5ccc(N6CCOCC6)cc5)C(=O)[C@@H]42)[C@@H]3c2ccc3ccccc3c2O)cc1. The second-order valence-corrected chi connectivity index (χ2v) is 16.9. The van der Waals surface area contributed by atoms with Gasteiger partial charge in [-0.2, -0.15) is 5.01 Å². The van der Waals surface area contributed by atoms with Crippen LogP contribution in [0.5, 0.6) is 11.5 Å². The first kappa shape index (κ1) is 38.3. The van der Waals surface area contributed by atoms with Crippen LogP contribution in [-0.4, -0.2) is 67.2 Å². The van der Waals surface area contributed by atoms with Crippen LogP contribution in [0, 0.1) is 23.7 Å². The number of aromatic hydroxyl groups is 1. The lowest BCUT2D eigenvalue weighted by atomic mass is 9.49. The third-order valence-electron chi connectivity index (χ3n) is 13.3. The van der Waals surface area contributed by atoms with Crippen molar-refractivity contribution in [3.63, 3.8) is 0 Å². The topological polar surface area (TPSA) is 129 Å². The molecule has 304 valence electrons. The number of ether oxygens (including phenoxy) is 2. The van der Waals surface area contributed by atoms with Gasteiger partial charge in [-0.3, -0.25) is 29.5 Å². The van der Waals surface area contributed by atoms with E-state index in [4.69, 9.17) is 32.7 Å². The zero-order chi connectivity index (χ0) is 41.4. The molecule has 5 aliphatic rings. The molecule has 0 bridgehead atoms. The van der Waals surface area contributed by atoms with Gasteiger partial charge in [0.15, 0.2) is 0 Å². The van der Waals surface area contributed by atoms with Crippen molar-refractivity contribution in [1.82, 2.24) is 5.01 Å². The highest BCUT2D eigenvalue weighted by molar-refractivity contribution is 6.36. The molecule has 13 heteroatoms. The summed E-state index contributed by atoms with van der Waals surface area (Å²) in [5.74, 6) is -5.30. The van der Waals surface area contributed by atoms with E-state index in [1.54, 1.807) is 43.5 Å². The van der Waals surface area contributed by atoms with E-state index in [1.165, 1.54) is 11.0 Å². The van der Waals surface area contributed by atoms with Gasteiger partial charge in [0, 0.05) is 40.7 Å². The number of hydrazine groups is 1. The first-order valence-corrected chi connectivity index (χ1v) is 20.8. The maximum Gasteiger partial charge on any atom is 0.260 e. The van der Waals surface area contributed by atoms with Crippen molar-refractivity contribution in [2.24, 2.45) is 23.7 Å². The van der Waals surface area contributed by atoms with E-state index in [1.807, 2.05) is 66.7 Å². The maximum absolute atomic E-state index is 15.7. The van der Waals surface area contributed by atoms with Crippen LogP contribution in [0.25, 0.3) is 10.8 Å². The summed E-state index contributed by atoms with van der Waals surface area (Å²) in [4.78, 5) is 63.6. The highest BCUT2D eigenvalue weighted by Crippen LogP contribution is 2.65. The number of morpholine rings is 1. The van der Waals surface area contributed by atoms with Crippen molar-refractivity contribution in [3.05, 3.63) is 136 Å². The Bertz CT molecular complexity index is 2630. The number of hydrogen-bond acceptors (Lipinski definition) is 9. The summed E-state index contributed by atoms with van der Waals surface area (Å²) >= 11 is 12.8. The van der Waals surface area contributed by atoms with Crippen LogP contribution in [0.2, 0.25) is 10.0 Å². The smallest absolute Gasteiger partial charge is 0.260 e. The molecule has 0 aromatic heterocycles. The number of benzene rings is 5. The van der Waals surface area contributed by atoms with Gasteiger partial charge < -0.3 is 19.5 Å². The number of carbonyl (C=O) groups is 4. The van der Waals surface area contributed by atoms with E-state index in [2.05, 4.69) is 10.3 Å². The van der Waals surface area contributed by atoms with Crippen LogP contribution >= 0.6 is 23.2 Å². The van der Waals surface area contributed by atoms with Crippen LogP contribution < -0.4 is 20.0 Å². The maximum atomic E-state index is 15.7. The number of hydrogen-bond donors (Lipinski definition) is 2. The van der Waals surface area contributed by atoms with Gasteiger partial charge in [0.25, 0.3) is 11.8 Å². The van der Waals surface area contributed by atoms with Gasteiger partial charge in [-0.05, 0) is 84.3 Å². The van der Waals surface area contributed by atoms with Crippen LogP contribution in [0.4, 0.5) is 17.1 Å². The Kier molecular flexibility index (Phi) is 9.38. The van der Waals surface area contributed by atoms with Crippen molar-refractivity contribution < 1.29 is 33.8 Å². The Morgan fingerprint density at radius 1 is 0.817 bits per heavy atom. The number of fused-ring (bicyclic) bond motifs is 5. The zero-order valence-electron chi connectivity index (χ0n) is 32.5. The quantitative estimate of drug-likeness (QED) is 0.124. The zero-order valence-corrected chi connectivity index (χ0v) is 34.0. The summed E-state index contributed by atoms with van der Waals surface area (Å²) in [6, 6.07) is 30.4. The molecule has 5 aromatic carbocycles. The summed E-state index contributed by atoms with van der Waals surface area (Å²) in [5, 5.41) is 15.3. The average Bonchev–Trinajstić information content (AvgIpc) is 3.65. The summed E-state index contributed by atoms with van der Waals surface area (Å²) in [5.41, 5.74) is 4.85. The Morgan fingerprint density at radius 2 is 1.55 bits per heavy atom. The first-order valence-electron chi connectivity index (χ1n) is 20.1. The molecule has 10 rings (SSSR count). The Labute approximate surface area is 356 Å². The molecule has 4 fully saturated rings. The largest absolute Gasteiger partial charge is 0.507 e. The number of methoxy groups -OCH3 is 1. The van der Waals surface area contributed by atoms with Crippen LogP contribution in [0.1, 0.15) is 29.9 Å². The number of allylic oxidation sites excluding steroid dienone is 2. The summed E-state index contributed by atoms with van der Waals surface area (Å²) in [7, 11) is 1.55. The summed E-state index contributed by atoms with van der Waals surface area (Å²) in [6.45, 7) is 2.74. The number of anilines is 3. The second kappa shape index (κ2) is 14.7. The number of carbonyl (C=O) groups excluding carboxylic acids is 4. The lowest BCUT2D eigenvalue weighted by Crippen LogP contribution is -2.53. The highest BCUT2D eigenvalue weighted by Gasteiger charge is 2.70. The van der Waals surface area contributed by atoms with Gasteiger partial charge in [0.05, 0.1) is 59.9 Å². The monoisotopic (exact) mass is 842 g/mol. The van der Waals surface area contributed by atoms with Crippen molar-refractivity contribution in [3.8, 4) is 11.5 Å². The average molecular weight is 844 g/mol. The van der Waals surface area contributed by atoms with Crippen molar-refractivity contribution >= 4 is 74.7 Å². The molecule has 60 heavy (non-hydrogen) atoms. The van der Waals surface area contributed by atoms with Gasteiger partial charge in [0.2, 0.25) is 11.8 Å². The molecule has 0 unspecified atom stereocenters. The minimum atomic E-state index is -1.62. The normalized spacial score (nSPS) is 26.2. The number of nitrogens with one attached hydrogen (secondary N) is 1. The number of rotatable bonds is 7. The lowest BCUT2D eigenvalue weighted by molar-refractivity contribution is -0.138. The number of imide groups is 2. The molecule has 2 aliphatic carbocycles. The molecule has 3 heterocycles. The molecule has 11 nitrogen and oxygen atoms in total. The van der Waals surface area contributed by atoms with Gasteiger partial charge in [-0.25, -0.2) is 0 Å². The molecular formula is C47H40Cl2N4O7. The van der Waals surface area contributed by atoms with Crippen molar-refractivity contribution in [2.45, 2.75) is 24.2 Å². The predicted octanol–water partition coefficient (Wildman–Crippen LogP) is 7.89. The van der Waals surface area contributed by atoms with Gasteiger partial charge >= 0.3 is 0 Å². The number of amides is 4. The van der Waals surface area contributed by atoms with Crippen LogP contribution in [0.15, 0.2) is 115 Å². The predicted molar refractivity (Wildman–Crippen MR) is 228 cm³/mol. The Hall–Kier alpha value is -5.88.